The van der Waals surface area contributed by atoms with Crippen LogP contribution in [0.5, 0.6) is 0 Å². The van der Waals surface area contributed by atoms with Gasteiger partial charge in [-0.1, -0.05) is 18.9 Å². The highest BCUT2D eigenvalue weighted by molar-refractivity contribution is 5.90. The number of ketones is 1. The Hall–Kier alpha value is -1.76. The number of benzene rings is 1. The summed E-state index contributed by atoms with van der Waals surface area (Å²) in [4.78, 5) is 27.9. The van der Waals surface area contributed by atoms with Crippen molar-refractivity contribution in [1.82, 2.24) is 15.1 Å². The maximum absolute atomic E-state index is 14.1. The van der Waals surface area contributed by atoms with Gasteiger partial charge in [-0.15, -0.1) is 0 Å². The molecule has 0 bridgehead atoms. The van der Waals surface area contributed by atoms with E-state index in [4.69, 9.17) is 4.74 Å². The third-order valence-corrected chi connectivity index (χ3v) is 13.1. The number of carbonyl (C=O) groups excluding carboxylic acids is 2. The van der Waals surface area contributed by atoms with Crippen molar-refractivity contribution in [1.29, 1.82) is 0 Å². The quantitative estimate of drug-likeness (QED) is 0.523. The SMILES string of the molecule is Cc1cc([N+]2([C@@H]3CCNC3)CCC[C@@H]2C)ccc1C1(C2CCCCC23CCCC3=O)COCCC12CCNC2=O. The Balaban J connectivity index is 1.41. The van der Waals surface area contributed by atoms with Crippen LogP contribution >= 0.6 is 0 Å². The van der Waals surface area contributed by atoms with E-state index in [9.17, 15) is 9.59 Å². The summed E-state index contributed by atoms with van der Waals surface area (Å²) in [6, 6.07) is 8.59. The summed E-state index contributed by atoms with van der Waals surface area (Å²) in [5, 5.41) is 6.92. The van der Waals surface area contributed by atoms with E-state index in [1.54, 1.807) is 0 Å². The number of rotatable bonds is 4. The molecule has 2 N–H and O–H groups in total. The standard InChI is InChI=1S/C34H49N3O3/c1-24-21-26(37(19-6-7-25(37)2)27-12-17-35-22-27)10-11-28(24)34(23-40-20-16-33(34)15-18-36-31(33)39)29-8-3-4-13-32(29)14-5-9-30(32)38/h10-11,21,25,27,29,35H,3-9,12-20,22-23H2,1-2H3/p+1/t25-,27+,29?,32?,33?,34?,37?/m0/s1. The first kappa shape index (κ1) is 27.1. The third kappa shape index (κ3) is 3.51. The summed E-state index contributed by atoms with van der Waals surface area (Å²) in [7, 11) is 0. The number of aryl methyl sites for hydroxylation is 1. The van der Waals surface area contributed by atoms with E-state index in [2.05, 4.69) is 42.7 Å². The molecule has 1 aromatic carbocycles. The molecular formula is C34H50N3O3+. The van der Waals surface area contributed by atoms with Gasteiger partial charge in [0.15, 0.2) is 0 Å². The number of ether oxygens (including phenoxy) is 1. The first-order valence-corrected chi connectivity index (χ1v) is 16.5. The van der Waals surface area contributed by atoms with Crippen LogP contribution in [0.4, 0.5) is 5.69 Å². The lowest BCUT2D eigenvalue weighted by atomic mass is 9.43. The molecule has 0 radical (unpaired) electrons. The Kier molecular flexibility index (Phi) is 6.72. The van der Waals surface area contributed by atoms with Gasteiger partial charge in [0.05, 0.1) is 24.6 Å². The molecule has 6 aliphatic rings. The van der Waals surface area contributed by atoms with Gasteiger partial charge in [-0.2, -0.15) is 0 Å². The van der Waals surface area contributed by atoms with Gasteiger partial charge in [0, 0.05) is 68.8 Å². The second kappa shape index (κ2) is 9.91. The van der Waals surface area contributed by atoms with Crippen LogP contribution in [0.1, 0.15) is 95.1 Å². The molecule has 0 aromatic heterocycles. The maximum atomic E-state index is 14.1. The number of hydrogen-bond acceptors (Lipinski definition) is 4. The number of likely N-dealkylation sites (tertiary alicyclic amines) is 1. The van der Waals surface area contributed by atoms with Crippen molar-refractivity contribution >= 4 is 17.4 Å². The Morgan fingerprint density at radius 1 is 0.975 bits per heavy atom. The molecule has 40 heavy (non-hydrogen) atoms. The molecule has 6 nitrogen and oxygen atoms in total. The van der Waals surface area contributed by atoms with Gasteiger partial charge in [0.25, 0.3) is 0 Å². The fraction of sp³-hybridized carbons (Fsp3) is 0.765. The fourth-order valence-corrected chi connectivity index (χ4v) is 11.4. The van der Waals surface area contributed by atoms with Crippen molar-refractivity contribution in [2.24, 2.45) is 16.7 Å². The van der Waals surface area contributed by atoms with Gasteiger partial charge in [-0.05, 0) is 75.5 Å². The van der Waals surface area contributed by atoms with Crippen molar-refractivity contribution in [3.8, 4) is 0 Å². The number of nitrogens with one attached hydrogen (secondary N) is 2. The highest BCUT2D eigenvalue weighted by Gasteiger charge is 2.69. The van der Waals surface area contributed by atoms with Gasteiger partial charge >= 0.3 is 0 Å². The van der Waals surface area contributed by atoms with Gasteiger partial charge < -0.3 is 15.4 Å². The van der Waals surface area contributed by atoms with E-state index in [1.807, 2.05) is 0 Å². The number of carbonyl (C=O) groups is 2. The number of Topliss-reactive ketones (excluding diaryl/α,β-unsaturated/α-hetero) is 1. The largest absolute Gasteiger partial charge is 0.380 e. The monoisotopic (exact) mass is 548 g/mol. The average Bonchev–Trinajstić information content (AvgIpc) is 3.76. The summed E-state index contributed by atoms with van der Waals surface area (Å²) in [5.74, 6) is 0.832. The van der Waals surface area contributed by atoms with Crippen LogP contribution in [0.15, 0.2) is 18.2 Å². The smallest absolute Gasteiger partial charge is 0.227 e. The molecule has 4 aliphatic heterocycles. The Labute approximate surface area is 240 Å². The lowest BCUT2D eigenvalue weighted by Crippen LogP contribution is -2.64. The number of nitrogens with zero attached hydrogens (tertiary/aromatic N) is 1. The zero-order valence-electron chi connectivity index (χ0n) is 24.9. The molecule has 2 aliphatic carbocycles. The lowest BCUT2D eigenvalue weighted by molar-refractivity contribution is -0.163. The highest BCUT2D eigenvalue weighted by Crippen LogP contribution is 2.65. The normalized spacial score (nSPS) is 43.7. The van der Waals surface area contributed by atoms with Gasteiger partial charge in [-0.25, -0.2) is 0 Å². The second-order valence-electron chi connectivity index (χ2n) is 14.4. The van der Waals surface area contributed by atoms with Gasteiger partial charge in [0.1, 0.15) is 17.5 Å². The van der Waals surface area contributed by atoms with E-state index >= 15 is 0 Å². The van der Waals surface area contributed by atoms with Gasteiger partial charge in [0.2, 0.25) is 5.91 Å². The molecule has 2 spiro atoms. The van der Waals surface area contributed by atoms with Gasteiger partial charge in [-0.3, -0.25) is 14.1 Å². The molecular weight excluding hydrogens is 498 g/mol. The Bertz CT molecular complexity index is 1180. The van der Waals surface area contributed by atoms with Crippen molar-refractivity contribution in [3.05, 3.63) is 29.3 Å². The molecule has 6 heteroatoms. The summed E-state index contributed by atoms with van der Waals surface area (Å²) in [6.07, 6.45) is 12.4. The van der Waals surface area contributed by atoms with Crippen molar-refractivity contribution in [2.75, 3.05) is 39.4 Å². The fourth-order valence-electron chi connectivity index (χ4n) is 11.4. The first-order chi connectivity index (χ1) is 19.4. The summed E-state index contributed by atoms with van der Waals surface area (Å²) in [5.41, 5.74) is 2.78. The average molecular weight is 549 g/mol. The van der Waals surface area contributed by atoms with Crippen molar-refractivity contribution in [2.45, 2.75) is 108 Å². The molecule has 1 aromatic rings. The molecule has 5 unspecified atom stereocenters. The summed E-state index contributed by atoms with van der Waals surface area (Å²) >= 11 is 0. The molecule has 218 valence electrons. The number of hydrogen-bond donors (Lipinski definition) is 2. The van der Waals surface area contributed by atoms with Crippen LogP contribution in [0.3, 0.4) is 0 Å². The van der Waals surface area contributed by atoms with E-state index in [0.717, 1.165) is 75.5 Å². The molecule has 6 fully saturated rings. The second-order valence-corrected chi connectivity index (χ2v) is 14.4. The summed E-state index contributed by atoms with van der Waals surface area (Å²) in [6.45, 7) is 10.1. The molecule has 7 atom stereocenters. The van der Waals surface area contributed by atoms with Crippen LogP contribution in [-0.4, -0.2) is 63.2 Å². The zero-order valence-corrected chi connectivity index (χ0v) is 24.9. The maximum Gasteiger partial charge on any atom is 0.227 e. The number of amides is 1. The first-order valence-electron chi connectivity index (χ1n) is 16.5. The topological polar surface area (TPSA) is 67.4 Å². The Morgan fingerprint density at radius 3 is 2.52 bits per heavy atom. The van der Waals surface area contributed by atoms with Crippen LogP contribution < -0.4 is 15.1 Å². The predicted octanol–water partition coefficient (Wildman–Crippen LogP) is 4.94. The highest BCUT2D eigenvalue weighted by atomic mass is 16.5. The Morgan fingerprint density at radius 2 is 1.85 bits per heavy atom. The lowest BCUT2D eigenvalue weighted by Gasteiger charge is -2.60. The molecule has 2 saturated carbocycles. The van der Waals surface area contributed by atoms with E-state index in [0.29, 0.717) is 37.5 Å². The van der Waals surface area contributed by atoms with E-state index in [-0.39, 0.29) is 17.2 Å². The number of quaternary nitrogens is 1. The van der Waals surface area contributed by atoms with Crippen molar-refractivity contribution < 1.29 is 14.3 Å². The van der Waals surface area contributed by atoms with E-state index < -0.39 is 10.8 Å². The van der Waals surface area contributed by atoms with Crippen LogP contribution in [0.2, 0.25) is 0 Å². The molecule has 7 rings (SSSR count). The third-order valence-electron chi connectivity index (χ3n) is 13.1. The molecule has 1 amide bonds. The minimum absolute atomic E-state index is 0.158. The summed E-state index contributed by atoms with van der Waals surface area (Å²) < 4.78 is 7.56. The van der Waals surface area contributed by atoms with Crippen molar-refractivity contribution in [3.63, 3.8) is 0 Å². The minimum atomic E-state index is -0.502. The van der Waals surface area contributed by atoms with E-state index in [1.165, 1.54) is 42.6 Å². The van der Waals surface area contributed by atoms with Crippen LogP contribution in [0.25, 0.3) is 0 Å². The molecule has 4 saturated heterocycles. The van der Waals surface area contributed by atoms with Crippen LogP contribution in [-0.2, 0) is 19.7 Å². The predicted molar refractivity (Wildman–Crippen MR) is 158 cm³/mol. The minimum Gasteiger partial charge on any atom is -0.380 e. The van der Waals surface area contributed by atoms with Crippen LogP contribution in [0, 0.1) is 23.7 Å². The molecule has 4 heterocycles. The zero-order chi connectivity index (χ0) is 27.6.